The molecule has 0 atom stereocenters. The summed E-state index contributed by atoms with van der Waals surface area (Å²) in [5.41, 5.74) is 3.83. The summed E-state index contributed by atoms with van der Waals surface area (Å²) in [5.74, 6) is 1.58. The number of rotatable bonds is 3. The van der Waals surface area contributed by atoms with E-state index in [0.29, 0.717) is 0 Å². The van der Waals surface area contributed by atoms with Gasteiger partial charge in [-0.15, -0.1) is 0 Å². The zero-order valence-electron chi connectivity index (χ0n) is 13.1. The quantitative estimate of drug-likeness (QED) is 0.942. The molecule has 0 radical (unpaired) electrons. The van der Waals surface area contributed by atoms with Gasteiger partial charge in [-0.3, -0.25) is 0 Å². The summed E-state index contributed by atoms with van der Waals surface area (Å²) in [7, 11) is 0. The van der Waals surface area contributed by atoms with Crippen molar-refractivity contribution in [2.24, 2.45) is 0 Å². The average Bonchev–Trinajstić information content (AvgIpc) is 2.87. The lowest BCUT2D eigenvalue weighted by Gasteiger charge is -2.30. The molecule has 1 aromatic heterocycles. The van der Waals surface area contributed by atoms with E-state index in [-0.39, 0.29) is 5.41 Å². The molecular weight excluding hydrogens is 262 g/mol. The van der Waals surface area contributed by atoms with Crippen molar-refractivity contribution >= 4 is 0 Å². The maximum atomic E-state index is 5.55. The van der Waals surface area contributed by atoms with Crippen molar-refractivity contribution in [2.75, 3.05) is 13.1 Å². The fourth-order valence-corrected chi connectivity index (χ4v) is 3.12. The SMILES string of the molecule is Cc1cc(C)cc(Cc2noc(C3(C)CCNCC3)n2)c1. The van der Waals surface area contributed by atoms with Crippen molar-refractivity contribution in [2.45, 2.75) is 45.4 Å². The van der Waals surface area contributed by atoms with Crippen LogP contribution in [0.1, 0.15) is 48.2 Å². The van der Waals surface area contributed by atoms with Gasteiger partial charge in [0.05, 0.1) is 0 Å². The van der Waals surface area contributed by atoms with Crippen LogP contribution in [0, 0.1) is 13.8 Å². The van der Waals surface area contributed by atoms with Crippen LogP contribution >= 0.6 is 0 Å². The van der Waals surface area contributed by atoms with E-state index in [1.54, 1.807) is 0 Å². The third kappa shape index (κ3) is 3.16. The molecule has 1 aliphatic heterocycles. The molecule has 4 nitrogen and oxygen atoms in total. The van der Waals surface area contributed by atoms with Crippen LogP contribution in [0.4, 0.5) is 0 Å². The van der Waals surface area contributed by atoms with E-state index in [1.165, 1.54) is 16.7 Å². The van der Waals surface area contributed by atoms with Gasteiger partial charge in [0.1, 0.15) is 0 Å². The van der Waals surface area contributed by atoms with E-state index < -0.39 is 0 Å². The van der Waals surface area contributed by atoms with Crippen molar-refractivity contribution in [3.05, 3.63) is 46.6 Å². The van der Waals surface area contributed by atoms with E-state index in [1.807, 2.05) is 0 Å². The Morgan fingerprint density at radius 1 is 1.14 bits per heavy atom. The minimum atomic E-state index is 0.0268. The first-order valence-corrected chi connectivity index (χ1v) is 7.66. The predicted octanol–water partition coefficient (Wildman–Crippen LogP) is 2.92. The van der Waals surface area contributed by atoms with Gasteiger partial charge in [-0.05, 0) is 45.3 Å². The highest BCUT2D eigenvalue weighted by atomic mass is 16.5. The van der Waals surface area contributed by atoms with E-state index in [0.717, 1.165) is 44.1 Å². The number of piperidine rings is 1. The van der Waals surface area contributed by atoms with E-state index >= 15 is 0 Å². The van der Waals surface area contributed by atoms with Gasteiger partial charge in [0.15, 0.2) is 5.82 Å². The largest absolute Gasteiger partial charge is 0.339 e. The summed E-state index contributed by atoms with van der Waals surface area (Å²) in [5, 5.41) is 7.56. The number of aromatic nitrogens is 2. The van der Waals surface area contributed by atoms with Gasteiger partial charge >= 0.3 is 0 Å². The summed E-state index contributed by atoms with van der Waals surface area (Å²) in [4.78, 5) is 4.65. The Bertz CT molecular complexity index is 606. The third-order valence-corrected chi connectivity index (χ3v) is 4.34. The number of hydrogen-bond donors (Lipinski definition) is 1. The van der Waals surface area contributed by atoms with Crippen LogP contribution in [0.3, 0.4) is 0 Å². The molecule has 0 amide bonds. The number of hydrogen-bond acceptors (Lipinski definition) is 4. The molecule has 1 saturated heterocycles. The molecule has 4 heteroatoms. The summed E-state index contributed by atoms with van der Waals surface area (Å²) >= 11 is 0. The molecular formula is C17H23N3O. The molecule has 1 N–H and O–H groups in total. The maximum Gasteiger partial charge on any atom is 0.232 e. The number of benzene rings is 1. The summed E-state index contributed by atoms with van der Waals surface area (Å²) in [6, 6.07) is 6.56. The molecule has 0 spiro atoms. The maximum absolute atomic E-state index is 5.55. The molecule has 0 saturated carbocycles. The van der Waals surface area contributed by atoms with Crippen LogP contribution in [-0.4, -0.2) is 23.2 Å². The lowest BCUT2D eigenvalue weighted by atomic mass is 9.81. The normalized spacial score (nSPS) is 17.9. The first kappa shape index (κ1) is 14.3. The standard InChI is InChI=1S/C17H23N3O/c1-12-8-13(2)10-14(9-12)11-15-19-16(21-20-15)17(3)4-6-18-7-5-17/h8-10,18H,4-7,11H2,1-3H3. The second-order valence-electron chi connectivity index (χ2n) is 6.50. The first-order chi connectivity index (χ1) is 10.0. The van der Waals surface area contributed by atoms with E-state index in [4.69, 9.17) is 4.52 Å². The molecule has 1 aliphatic rings. The van der Waals surface area contributed by atoms with Crippen LogP contribution in [0.15, 0.2) is 22.7 Å². The number of nitrogens with zero attached hydrogens (tertiary/aromatic N) is 2. The Morgan fingerprint density at radius 2 is 1.81 bits per heavy atom. The molecule has 112 valence electrons. The Morgan fingerprint density at radius 3 is 2.48 bits per heavy atom. The van der Waals surface area contributed by atoms with Crippen molar-refractivity contribution in [1.29, 1.82) is 0 Å². The second kappa shape index (κ2) is 5.60. The fourth-order valence-electron chi connectivity index (χ4n) is 3.12. The van der Waals surface area contributed by atoms with Crippen LogP contribution in [0.2, 0.25) is 0 Å². The van der Waals surface area contributed by atoms with Gasteiger partial charge in [0.25, 0.3) is 0 Å². The molecule has 0 unspecified atom stereocenters. The number of nitrogens with one attached hydrogen (secondary N) is 1. The molecule has 1 aromatic carbocycles. The van der Waals surface area contributed by atoms with Gasteiger partial charge < -0.3 is 9.84 Å². The monoisotopic (exact) mass is 285 g/mol. The Balaban J connectivity index is 1.78. The molecule has 0 bridgehead atoms. The highest BCUT2D eigenvalue weighted by molar-refractivity contribution is 5.30. The average molecular weight is 285 g/mol. The van der Waals surface area contributed by atoms with Gasteiger partial charge in [-0.1, -0.05) is 41.4 Å². The first-order valence-electron chi connectivity index (χ1n) is 7.66. The van der Waals surface area contributed by atoms with Crippen LogP contribution < -0.4 is 5.32 Å². The van der Waals surface area contributed by atoms with Gasteiger partial charge in [0.2, 0.25) is 5.89 Å². The fraction of sp³-hybridized carbons (Fsp3) is 0.529. The summed E-state index contributed by atoms with van der Waals surface area (Å²) < 4.78 is 5.55. The van der Waals surface area contributed by atoms with Crippen LogP contribution in [0.25, 0.3) is 0 Å². The Labute approximate surface area is 126 Å². The molecule has 3 rings (SSSR count). The predicted molar refractivity (Wildman–Crippen MR) is 82.5 cm³/mol. The highest BCUT2D eigenvalue weighted by Gasteiger charge is 2.34. The third-order valence-electron chi connectivity index (χ3n) is 4.34. The molecule has 0 aliphatic carbocycles. The zero-order chi connectivity index (χ0) is 14.9. The van der Waals surface area contributed by atoms with Crippen LogP contribution in [-0.2, 0) is 11.8 Å². The summed E-state index contributed by atoms with van der Waals surface area (Å²) in [6.07, 6.45) is 2.84. The van der Waals surface area contributed by atoms with Crippen LogP contribution in [0.5, 0.6) is 0 Å². The Kier molecular flexibility index (Phi) is 3.81. The molecule has 21 heavy (non-hydrogen) atoms. The molecule has 2 aromatic rings. The lowest BCUT2D eigenvalue weighted by molar-refractivity contribution is 0.240. The van der Waals surface area contributed by atoms with Crippen molar-refractivity contribution in [3.63, 3.8) is 0 Å². The molecule has 1 fully saturated rings. The second-order valence-corrected chi connectivity index (χ2v) is 6.50. The van der Waals surface area contributed by atoms with Crippen molar-refractivity contribution < 1.29 is 4.52 Å². The van der Waals surface area contributed by atoms with Gasteiger partial charge in [0, 0.05) is 11.8 Å². The minimum absolute atomic E-state index is 0.0268. The van der Waals surface area contributed by atoms with Gasteiger partial charge in [-0.2, -0.15) is 4.98 Å². The van der Waals surface area contributed by atoms with Crippen molar-refractivity contribution in [3.8, 4) is 0 Å². The van der Waals surface area contributed by atoms with Crippen molar-refractivity contribution in [1.82, 2.24) is 15.5 Å². The van der Waals surface area contributed by atoms with E-state index in [9.17, 15) is 0 Å². The number of aryl methyl sites for hydroxylation is 2. The van der Waals surface area contributed by atoms with Gasteiger partial charge in [-0.25, -0.2) is 0 Å². The summed E-state index contributed by atoms with van der Waals surface area (Å²) in [6.45, 7) is 8.50. The minimum Gasteiger partial charge on any atom is -0.339 e. The smallest absolute Gasteiger partial charge is 0.232 e. The zero-order valence-corrected chi connectivity index (χ0v) is 13.1. The topological polar surface area (TPSA) is 51.0 Å². The Hall–Kier alpha value is -1.68. The molecule has 2 heterocycles. The highest BCUT2D eigenvalue weighted by Crippen LogP contribution is 2.31. The lowest BCUT2D eigenvalue weighted by Crippen LogP contribution is -2.37. The van der Waals surface area contributed by atoms with E-state index in [2.05, 4.69) is 54.4 Å².